The first-order chi connectivity index (χ1) is 11.2. The average Bonchev–Trinajstić information content (AvgIpc) is 2.59. The van der Waals surface area contributed by atoms with Crippen molar-refractivity contribution in [1.82, 2.24) is 4.98 Å². The highest BCUT2D eigenvalue weighted by molar-refractivity contribution is 6.04. The van der Waals surface area contributed by atoms with Crippen molar-refractivity contribution in [2.45, 2.75) is 0 Å². The second-order valence-corrected chi connectivity index (χ2v) is 4.91. The maximum absolute atomic E-state index is 12.9. The number of benzene rings is 2. The Labute approximate surface area is 133 Å². The molecule has 0 aliphatic carbocycles. The van der Waals surface area contributed by atoms with Gasteiger partial charge in [0.15, 0.2) is 0 Å². The minimum Gasteiger partial charge on any atom is -0.356 e. The van der Waals surface area contributed by atoms with Crippen molar-refractivity contribution in [3.05, 3.63) is 84.4 Å². The molecule has 1 amide bonds. The quantitative estimate of drug-likeness (QED) is 0.759. The Balaban J connectivity index is 1.65. The van der Waals surface area contributed by atoms with Crippen LogP contribution in [0.3, 0.4) is 0 Å². The average molecular weight is 307 g/mol. The summed E-state index contributed by atoms with van der Waals surface area (Å²) in [4.78, 5) is 15.9. The molecule has 2 aromatic carbocycles. The van der Waals surface area contributed by atoms with Crippen molar-refractivity contribution in [1.29, 1.82) is 0 Å². The van der Waals surface area contributed by atoms with E-state index in [-0.39, 0.29) is 11.7 Å². The topological polar surface area (TPSA) is 54.0 Å². The van der Waals surface area contributed by atoms with Gasteiger partial charge in [-0.2, -0.15) is 0 Å². The molecule has 2 N–H and O–H groups in total. The molecule has 0 unspecified atom stereocenters. The number of carbonyl (C=O) groups excluding carboxylic acids is 1. The maximum atomic E-state index is 12.9. The van der Waals surface area contributed by atoms with Crippen LogP contribution in [0.15, 0.2) is 73.1 Å². The molecule has 4 nitrogen and oxygen atoms in total. The fourth-order valence-corrected chi connectivity index (χ4v) is 2.04. The Bertz CT molecular complexity index is 787. The third-order valence-electron chi connectivity index (χ3n) is 3.20. The summed E-state index contributed by atoms with van der Waals surface area (Å²) in [6.07, 6.45) is 3.13. The van der Waals surface area contributed by atoms with Gasteiger partial charge in [0.25, 0.3) is 5.91 Å². The minimum absolute atomic E-state index is 0.211. The molecular formula is C18H14FN3O. The van der Waals surface area contributed by atoms with E-state index in [9.17, 15) is 9.18 Å². The largest absolute Gasteiger partial charge is 0.356 e. The lowest BCUT2D eigenvalue weighted by Crippen LogP contribution is -2.11. The smallest absolute Gasteiger partial charge is 0.257 e. The zero-order valence-corrected chi connectivity index (χ0v) is 12.2. The Hall–Kier alpha value is -3.21. The summed E-state index contributed by atoms with van der Waals surface area (Å²) < 4.78 is 12.9. The molecule has 0 fully saturated rings. The fraction of sp³-hybridized carbons (Fsp3) is 0. The van der Waals surface area contributed by atoms with E-state index in [0.717, 1.165) is 11.4 Å². The van der Waals surface area contributed by atoms with Gasteiger partial charge in [0, 0.05) is 29.5 Å². The lowest BCUT2D eigenvalue weighted by Gasteiger charge is -2.08. The summed E-state index contributed by atoms with van der Waals surface area (Å²) in [6, 6.07) is 16.8. The van der Waals surface area contributed by atoms with Gasteiger partial charge < -0.3 is 10.6 Å². The molecule has 114 valence electrons. The van der Waals surface area contributed by atoms with Crippen LogP contribution >= 0.6 is 0 Å². The third-order valence-corrected chi connectivity index (χ3v) is 3.20. The maximum Gasteiger partial charge on any atom is 0.257 e. The predicted octanol–water partition coefficient (Wildman–Crippen LogP) is 4.22. The van der Waals surface area contributed by atoms with E-state index in [0.29, 0.717) is 11.3 Å². The number of hydrogen-bond donors (Lipinski definition) is 2. The van der Waals surface area contributed by atoms with Gasteiger partial charge in [0.1, 0.15) is 5.82 Å². The lowest BCUT2D eigenvalue weighted by atomic mass is 10.2. The van der Waals surface area contributed by atoms with Gasteiger partial charge in [-0.05, 0) is 60.7 Å². The van der Waals surface area contributed by atoms with E-state index in [1.54, 1.807) is 42.6 Å². The standard InChI is InChI=1S/C18H14FN3O/c19-14-3-5-15(6-4-14)21-16-7-9-17(10-8-16)22-18(23)13-2-1-11-20-12-13/h1-12,21H,(H,22,23). The van der Waals surface area contributed by atoms with Crippen molar-refractivity contribution in [3.8, 4) is 0 Å². The van der Waals surface area contributed by atoms with Crippen molar-refractivity contribution in [2.24, 2.45) is 0 Å². The van der Waals surface area contributed by atoms with E-state index >= 15 is 0 Å². The third kappa shape index (κ3) is 3.91. The number of hydrogen-bond acceptors (Lipinski definition) is 3. The molecular weight excluding hydrogens is 293 g/mol. The number of halogens is 1. The highest BCUT2D eigenvalue weighted by atomic mass is 19.1. The van der Waals surface area contributed by atoms with Gasteiger partial charge in [-0.3, -0.25) is 9.78 Å². The Morgan fingerprint density at radius 1 is 0.870 bits per heavy atom. The number of rotatable bonds is 4. The SMILES string of the molecule is O=C(Nc1ccc(Nc2ccc(F)cc2)cc1)c1cccnc1. The first-order valence-corrected chi connectivity index (χ1v) is 7.05. The Kier molecular flexibility index (Phi) is 4.29. The predicted molar refractivity (Wildman–Crippen MR) is 88.3 cm³/mol. The second-order valence-electron chi connectivity index (χ2n) is 4.91. The van der Waals surface area contributed by atoms with Crippen molar-refractivity contribution < 1.29 is 9.18 Å². The van der Waals surface area contributed by atoms with Crippen molar-refractivity contribution >= 4 is 23.0 Å². The number of nitrogens with one attached hydrogen (secondary N) is 2. The first-order valence-electron chi connectivity index (χ1n) is 7.05. The van der Waals surface area contributed by atoms with Crippen LogP contribution in [0.1, 0.15) is 10.4 Å². The highest BCUT2D eigenvalue weighted by Crippen LogP contribution is 2.19. The molecule has 1 heterocycles. The molecule has 3 rings (SSSR count). The van der Waals surface area contributed by atoms with Crippen LogP contribution < -0.4 is 10.6 Å². The fourth-order valence-electron chi connectivity index (χ4n) is 2.04. The summed E-state index contributed by atoms with van der Waals surface area (Å²) >= 11 is 0. The van der Waals surface area contributed by atoms with Crippen LogP contribution in [0.4, 0.5) is 21.5 Å². The number of pyridine rings is 1. The van der Waals surface area contributed by atoms with Crippen LogP contribution in [0, 0.1) is 5.82 Å². The molecule has 3 aromatic rings. The molecule has 0 atom stereocenters. The number of anilines is 3. The van der Waals surface area contributed by atoms with Gasteiger partial charge in [0.05, 0.1) is 5.56 Å². The first kappa shape index (κ1) is 14.7. The lowest BCUT2D eigenvalue weighted by molar-refractivity contribution is 0.102. The van der Waals surface area contributed by atoms with Crippen molar-refractivity contribution in [2.75, 3.05) is 10.6 Å². The van der Waals surface area contributed by atoms with E-state index in [4.69, 9.17) is 0 Å². The zero-order chi connectivity index (χ0) is 16.1. The van der Waals surface area contributed by atoms with Crippen LogP contribution in [0.5, 0.6) is 0 Å². The van der Waals surface area contributed by atoms with E-state index < -0.39 is 0 Å². The van der Waals surface area contributed by atoms with E-state index in [1.165, 1.54) is 18.3 Å². The summed E-state index contributed by atoms with van der Waals surface area (Å²) in [7, 11) is 0. The van der Waals surface area contributed by atoms with Gasteiger partial charge >= 0.3 is 0 Å². The van der Waals surface area contributed by atoms with Crippen LogP contribution in [0.2, 0.25) is 0 Å². The summed E-state index contributed by atoms with van der Waals surface area (Å²) in [6.45, 7) is 0. The summed E-state index contributed by atoms with van der Waals surface area (Å²) in [5, 5.41) is 5.95. The van der Waals surface area contributed by atoms with Crippen LogP contribution in [0.25, 0.3) is 0 Å². The van der Waals surface area contributed by atoms with E-state index in [1.807, 2.05) is 12.1 Å². The van der Waals surface area contributed by atoms with Crippen LogP contribution in [-0.2, 0) is 0 Å². The second kappa shape index (κ2) is 6.70. The number of aromatic nitrogens is 1. The molecule has 0 aliphatic heterocycles. The van der Waals surface area contributed by atoms with Gasteiger partial charge in [-0.1, -0.05) is 0 Å². The van der Waals surface area contributed by atoms with E-state index in [2.05, 4.69) is 15.6 Å². The Morgan fingerprint density at radius 3 is 2.09 bits per heavy atom. The van der Waals surface area contributed by atoms with Gasteiger partial charge in [-0.15, -0.1) is 0 Å². The normalized spacial score (nSPS) is 10.1. The van der Waals surface area contributed by atoms with Crippen LogP contribution in [-0.4, -0.2) is 10.9 Å². The number of nitrogens with zero attached hydrogens (tertiary/aromatic N) is 1. The summed E-state index contributed by atoms with van der Waals surface area (Å²) in [5.41, 5.74) is 2.82. The molecule has 0 saturated heterocycles. The molecule has 0 spiro atoms. The number of amides is 1. The van der Waals surface area contributed by atoms with Gasteiger partial charge in [0.2, 0.25) is 0 Å². The highest BCUT2D eigenvalue weighted by Gasteiger charge is 2.05. The molecule has 23 heavy (non-hydrogen) atoms. The monoisotopic (exact) mass is 307 g/mol. The molecule has 0 aliphatic rings. The van der Waals surface area contributed by atoms with Gasteiger partial charge in [-0.25, -0.2) is 4.39 Å². The molecule has 0 saturated carbocycles. The number of carbonyl (C=O) groups is 1. The van der Waals surface area contributed by atoms with Crippen molar-refractivity contribution in [3.63, 3.8) is 0 Å². The molecule has 0 radical (unpaired) electrons. The molecule has 1 aromatic heterocycles. The molecule has 0 bridgehead atoms. The Morgan fingerprint density at radius 2 is 1.48 bits per heavy atom. The zero-order valence-electron chi connectivity index (χ0n) is 12.2. The minimum atomic E-state index is -0.274. The summed E-state index contributed by atoms with van der Waals surface area (Å²) in [5.74, 6) is -0.485. The molecule has 5 heteroatoms.